The molecule has 0 aliphatic heterocycles. The Morgan fingerprint density at radius 3 is 1.83 bits per heavy atom. The van der Waals surface area contributed by atoms with Gasteiger partial charge in [-0.1, -0.05) is 27.7 Å². The van der Waals surface area contributed by atoms with Crippen LogP contribution in [-0.2, 0) is 19.7 Å². The van der Waals surface area contributed by atoms with E-state index in [1.807, 2.05) is 0 Å². The van der Waals surface area contributed by atoms with Gasteiger partial charge in [-0.15, -0.1) is 0 Å². The fourth-order valence-electron chi connectivity index (χ4n) is 3.32. The molecule has 0 aromatic heterocycles. The highest BCUT2D eigenvalue weighted by molar-refractivity contribution is 7.91. The molecule has 0 saturated heterocycles. The second kappa shape index (κ2) is 5.59. The average Bonchev–Trinajstić information content (AvgIpc) is 2.60. The van der Waals surface area contributed by atoms with Crippen LogP contribution in [0.2, 0.25) is 0 Å². The third-order valence-corrected chi connectivity index (χ3v) is 8.87. The van der Waals surface area contributed by atoms with Crippen LogP contribution in [0.4, 0.5) is 0 Å². The Hall–Kier alpha value is -0.880. The molecule has 1 fully saturated rings. The Labute approximate surface area is 140 Å². The van der Waals surface area contributed by atoms with Crippen LogP contribution in [0.1, 0.15) is 40.5 Å². The Balaban J connectivity index is 2.27. The van der Waals surface area contributed by atoms with Gasteiger partial charge in [0.05, 0.1) is 15.5 Å². The van der Waals surface area contributed by atoms with Crippen molar-refractivity contribution in [3.05, 3.63) is 24.3 Å². The van der Waals surface area contributed by atoms with E-state index in [0.29, 0.717) is 0 Å². The number of sulfone groups is 2. The minimum Gasteiger partial charge on any atom is -0.224 e. The fourth-order valence-corrected chi connectivity index (χ4v) is 5.80. The number of hydrogen-bond acceptors (Lipinski definition) is 4. The van der Waals surface area contributed by atoms with Crippen molar-refractivity contribution in [1.82, 2.24) is 0 Å². The number of benzene rings is 1. The molecule has 1 aliphatic rings. The molecule has 1 saturated carbocycles. The summed E-state index contributed by atoms with van der Waals surface area (Å²) in [6.45, 7) is 8.68. The molecule has 6 heteroatoms. The van der Waals surface area contributed by atoms with Gasteiger partial charge in [0.1, 0.15) is 0 Å². The van der Waals surface area contributed by atoms with Crippen LogP contribution in [0.25, 0.3) is 0 Å². The monoisotopic (exact) mass is 358 g/mol. The van der Waals surface area contributed by atoms with Gasteiger partial charge < -0.3 is 0 Å². The van der Waals surface area contributed by atoms with Gasteiger partial charge in [-0.05, 0) is 53.9 Å². The van der Waals surface area contributed by atoms with Crippen molar-refractivity contribution in [1.29, 1.82) is 0 Å². The summed E-state index contributed by atoms with van der Waals surface area (Å²) in [5, 5.41) is 0. The second-order valence-corrected chi connectivity index (χ2v) is 11.9. The molecule has 0 bridgehead atoms. The van der Waals surface area contributed by atoms with Crippen molar-refractivity contribution in [3.63, 3.8) is 0 Å². The second-order valence-electron chi connectivity index (χ2n) is 7.87. The van der Waals surface area contributed by atoms with E-state index < -0.39 is 19.7 Å². The summed E-state index contributed by atoms with van der Waals surface area (Å²) in [4.78, 5) is 0.337. The zero-order chi connectivity index (χ0) is 17.7. The lowest BCUT2D eigenvalue weighted by Crippen LogP contribution is -2.34. The van der Waals surface area contributed by atoms with Crippen molar-refractivity contribution in [2.45, 2.75) is 50.3 Å². The third kappa shape index (κ3) is 3.48. The van der Waals surface area contributed by atoms with Crippen LogP contribution in [0.15, 0.2) is 34.1 Å². The fraction of sp³-hybridized carbons (Fsp3) is 0.647. The quantitative estimate of drug-likeness (QED) is 0.828. The van der Waals surface area contributed by atoms with Crippen LogP contribution < -0.4 is 0 Å². The third-order valence-electron chi connectivity index (χ3n) is 5.91. The van der Waals surface area contributed by atoms with E-state index in [4.69, 9.17) is 0 Å². The van der Waals surface area contributed by atoms with Crippen LogP contribution in [-0.4, -0.2) is 28.8 Å². The van der Waals surface area contributed by atoms with Gasteiger partial charge in [0.25, 0.3) is 0 Å². The summed E-state index contributed by atoms with van der Waals surface area (Å²) < 4.78 is 48.4. The summed E-state index contributed by atoms with van der Waals surface area (Å²) in [7, 11) is -6.74. The maximum absolute atomic E-state index is 12.7. The summed E-state index contributed by atoms with van der Waals surface area (Å²) >= 11 is 0. The van der Waals surface area contributed by atoms with Crippen molar-refractivity contribution in [2.24, 2.45) is 16.7 Å². The van der Waals surface area contributed by atoms with E-state index >= 15 is 0 Å². The van der Waals surface area contributed by atoms with Gasteiger partial charge in [-0.2, -0.15) is 0 Å². The van der Waals surface area contributed by atoms with Gasteiger partial charge in [0.2, 0.25) is 0 Å². The van der Waals surface area contributed by atoms with Gasteiger partial charge in [-0.3, -0.25) is 0 Å². The predicted octanol–water partition coefficient (Wildman–Crippen LogP) is 3.33. The first-order valence-electron chi connectivity index (χ1n) is 7.80. The molecule has 1 aliphatic carbocycles. The molecule has 0 spiro atoms. The highest BCUT2D eigenvalue weighted by Gasteiger charge is 2.49. The van der Waals surface area contributed by atoms with Crippen LogP contribution in [0, 0.1) is 16.7 Å². The van der Waals surface area contributed by atoms with Crippen LogP contribution in [0.5, 0.6) is 0 Å². The normalized spacial score (nSPS) is 23.8. The first-order chi connectivity index (χ1) is 10.3. The summed E-state index contributed by atoms with van der Waals surface area (Å²) in [5.41, 5.74) is 0.0695. The smallest absolute Gasteiger partial charge is 0.178 e. The van der Waals surface area contributed by atoms with E-state index in [2.05, 4.69) is 27.7 Å². The van der Waals surface area contributed by atoms with Gasteiger partial charge in [0, 0.05) is 6.26 Å². The summed E-state index contributed by atoms with van der Waals surface area (Å²) in [6, 6.07) is 5.54. The number of rotatable bonds is 4. The minimum absolute atomic E-state index is 0.0488. The maximum Gasteiger partial charge on any atom is 0.178 e. The predicted molar refractivity (Wildman–Crippen MR) is 91.9 cm³/mol. The first-order valence-corrected chi connectivity index (χ1v) is 11.3. The molecule has 0 heterocycles. The molecule has 1 aromatic carbocycles. The lowest BCUT2D eigenvalue weighted by Gasteiger charge is -2.39. The van der Waals surface area contributed by atoms with Gasteiger partial charge in [0.15, 0.2) is 19.7 Å². The topological polar surface area (TPSA) is 68.3 Å². The molecule has 4 nitrogen and oxygen atoms in total. The zero-order valence-corrected chi connectivity index (χ0v) is 16.1. The average molecular weight is 359 g/mol. The Bertz CT molecular complexity index is 786. The Kier molecular flexibility index (Phi) is 4.48. The molecule has 1 aromatic rings. The van der Waals surface area contributed by atoms with Crippen molar-refractivity contribution in [2.75, 3.05) is 12.0 Å². The molecule has 130 valence electrons. The van der Waals surface area contributed by atoms with Crippen molar-refractivity contribution < 1.29 is 16.8 Å². The van der Waals surface area contributed by atoms with E-state index in [1.54, 1.807) is 0 Å². The molecule has 0 radical (unpaired) electrons. The summed E-state index contributed by atoms with van der Waals surface area (Å²) in [5.74, 6) is 0.221. The SMILES string of the molecule is CC1(C)CCC(CS(=O)(=O)c2ccc(S(C)(=O)=O)cc2)C1(C)C. The lowest BCUT2D eigenvalue weighted by atomic mass is 9.67. The highest BCUT2D eigenvalue weighted by Crippen LogP contribution is 2.56. The molecular weight excluding hydrogens is 332 g/mol. The molecule has 1 unspecified atom stereocenters. The largest absolute Gasteiger partial charge is 0.224 e. The molecular formula is C17H26O4S2. The van der Waals surface area contributed by atoms with Crippen molar-refractivity contribution in [3.8, 4) is 0 Å². The molecule has 0 amide bonds. The zero-order valence-electron chi connectivity index (χ0n) is 14.5. The number of hydrogen-bond donors (Lipinski definition) is 0. The van der Waals surface area contributed by atoms with E-state index in [0.717, 1.165) is 19.1 Å². The lowest BCUT2D eigenvalue weighted by molar-refractivity contribution is 0.117. The van der Waals surface area contributed by atoms with E-state index in [-0.39, 0.29) is 32.3 Å². The molecule has 2 rings (SSSR count). The minimum atomic E-state index is -3.42. The Morgan fingerprint density at radius 2 is 1.43 bits per heavy atom. The Morgan fingerprint density at radius 1 is 0.957 bits per heavy atom. The van der Waals surface area contributed by atoms with Crippen LogP contribution in [0.3, 0.4) is 0 Å². The highest BCUT2D eigenvalue weighted by atomic mass is 32.2. The van der Waals surface area contributed by atoms with Crippen molar-refractivity contribution >= 4 is 19.7 Å². The molecule has 1 atom stereocenters. The van der Waals surface area contributed by atoms with Crippen LogP contribution >= 0.6 is 0 Å². The first kappa shape index (κ1) is 18.5. The van der Waals surface area contributed by atoms with Gasteiger partial charge >= 0.3 is 0 Å². The standard InChI is InChI=1S/C17H26O4S2/c1-16(2)11-10-13(17(16,3)4)12-23(20,21)15-8-6-14(7-9-15)22(5,18)19/h6-9,13H,10-12H2,1-5H3. The maximum atomic E-state index is 12.7. The van der Waals surface area contributed by atoms with Gasteiger partial charge in [-0.25, -0.2) is 16.8 Å². The van der Waals surface area contributed by atoms with E-state index in [9.17, 15) is 16.8 Å². The summed E-state index contributed by atoms with van der Waals surface area (Å²) in [6.07, 6.45) is 3.04. The molecule has 23 heavy (non-hydrogen) atoms. The molecule has 0 N–H and O–H groups in total. The van der Waals surface area contributed by atoms with E-state index in [1.165, 1.54) is 24.3 Å².